The first-order valence-corrected chi connectivity index (χ1v) is 12.0. The molecule has 1 aliphatic carbocycles. The van der Waals surface area contributed by atoms with Crippen LogP contribution in [0.1, 0.15) is 31.2 Å². The van der Waals surface area contributed by atoms with Crippen molar-refractivity contribution in [2.45, 2.75) is 38.3 Å². The number of hydrogen-bond donors (Lipinski definition) is 2. The molecular formula is C27H34N6. The van der Waals surface area contributed by atoms with Crippen molar-refractivity contribution in [1.82, 2.24) is 19.9 Å². The Morgan fingerprint density at radius 3 is 2.45 bits per heavy atom. The molecule has 6 nitrogen and oxygen atoms in total. The van der Waals surface area contributed by atoms with E-state index in [2.05, 4.69) is 69.7 Å². The van der Waals surface area contributed by atoms with Crippen LogP contribution in [0.15, 0.2) is 54.7 Å². The summed E-state index contributed by atoms with van der Waals surface area (Å²) in [6.45, 7) is 2.00. The van der Waals surface area contributed by atoms with Gasteiger partial charge in [0.2, 0.25) is 5.95 Å². The van der Waals surface area contributed by atoms with Gasteiger partial charge < -0.3 is 20.1 Å². The van der Waals surface area contributed by atoms with E-state index in [1.54, 1.807) is 0 Å². The van der Waals surface area contributed by atoms with E-state index < -0.39 is 0 Å². The van der Waals surface area contributed by atoms with Crippen LogP contribution in [0.5, 0.6) is 0 Å². The van der Waals surface area contributed by atoms with Gasteiger partial charge in [-0.2, -0.15) is 4.98 Å². The largest absolute Gasteiger partial charge is 0.362 e. The summed E-state index contributed by atoms with van der Waals surface area (Å²) >= 11 is 0. The van der Waals surface area contributed by atoms with Crippen molar-refractivity contribution in [1.29, 1.82) is 0 Å². The van der Waals surface area contributed by atoms with Crippen LogP contribution in [-0.4, -0.2) is 41.2 Å². The minimum atomic E-state index is 0.440. The Morgan fingerprint density at radius 1 is 0.939 bits per heavy atom. The number of anilines is 2. The normalized spacial score (nSPS) is 18.6. The zero-order valence-electron chi connectivity index (χ0n) is 19.9. The zero-order chi connectivity index (χ0) is 22.8. The van der Waals surface area contributed by atoms with Crippen LogP contribution in [0.2, 0.25) is 0 Å². The predicted octanol–water partition coefficient (Wildman–Crippen LogP) is 4.95. The molecular weight excluding hydrogens is 408 g/mol. The summed E-state index contributed by atoms with van der Waals surface area (Å²) in [6.07, 6.45) is 7.04. The van der Waals surface area contributed by atoms with E-state index in [0.29, 0.717) is 6.04 Å². The number of fused-ring (bicyclic) bond motifs is 2. The van der Waals surface area contributed by atoms with Crippen molar-refractivity contribution in [2.24, 2.45) is 13.0 Å². The standard InChI is InChI=1S/C27H34N6/c1-32(2)26-23-9-4-6-10-24(23)30-27(31-26)29-21-14-12-19(13-15-21)16-28-17-20-18-33(3)25-11-7-5-8-22(20)25/h4-11,18-19,21,28H,12-17H2,1-3H3,(H,29,30,31)/t19-,21+. The van der Waals surface area contributed by atoms with Crippen molar-refractivity contribution in [3.63, 3.8) is 0 Å². The molecule has 2 aromatic heterocycles. The molecule has 2 N–H and O–H groups in total. The maximum Gasteiger partial charge on any atom is 0.225 e. The first kappa shape index (κ1) is 21.7. The number of hydrogen-bond acceptors (Lipinski definition) is 5. The summed E-state index contributed by atoms with van der Waals surface area (Å²) in [7, 11) is 6.20. The smallest absolute Gasteiger partial charge is 0.225 e. The van der Waals surface area contributed by atoms with Gasteiger partial charge in [0.15, 0.2) is 0 Å². The lowest BCUT2D eigenvalue weighted by atomic mass is 9.86. The molecule has 6 heteroatoms. The molecule has 0 amide bonds. The minimum Gasteiger partial charge on any atom is -0.362 e. The summed E-state index contributed by atoms with van der Waals surface area (Å²) in [5.41, 5.74) is 3.67. The number of aromatic nitrogens is 3. The molecule has 0 bridgehead atoms. The fourth-order valence-corrected chi connectivity index (χ4v) is 5.14. The molecule has 2 heterocycles. The van der Waals surface area contributed by atoms with Crippen molar-refractivity contribution in [2.75, 3.05) is 30.9 Å². The molecule has 1 fully saturated rings. The Balaban J connectivity index is 1.15. The second-order valence-electron chi connectivity index (χ2n) is 9.56. The Morgan fingerprint density at radius 2 is 1.67 bits per heavy atom. The third-order valence-corrected chi connectivity index (χ3v) is 6.91. The topological polar surface area (TPSA) is 58.0 Å². The van der Waals surface area contributed by atoms with E-state index in [1.807, 2.05) is 26.2 Å². The van der Waals surface area contributed by atoms with Crippen molar-refractivity contribution < 1.29 is 0 Å². The Kier molecular flexibility index (Phi) is 6.18. The Labute approximate surface area is 196 Å². The quantitative estimate of drug-likeness (QED) is 0.424. The highest BCUT2D eigenvalue weighted by molar-refractivity contribution is 5.90. The molecule has 1 aliphatic rings. The Hall–Kier alpha value is -3.12. The predicted molar refractivity (Wildman–Crippen MR) is 138 cm³/mol. The van der Waals surface area contributed by atoms with Crippen molar-refractivity contribution in [3.05, 3.63) is 60.3 Å². The average molecular weight is 443 g/mol. The molecule has 0 saturated heterocycles. The minimum absolute atomic E-state index is 0.440. The fraction of sp³-hybridized carbons (Fsp3) is 0.407. The molecule has 2 aromatic carbocycles. The van der Waals surface area contributed by atoms with Gasteiger partial charge in [-0.3, -0.25) is 0 Å². The van der Waals surface area contributed by atoms with Gasteiger partial charge in [-0.05, 0) is 61.9 Å². The second kappa shape index (κ2) is 9.40. The highest BCUT2D eigenvalue weighted by Crippen LogP contribution is 2.28. The molecule has 0 radical (unpaired) electrons. The average Bonchev–Trinajstić information content (AvgIpc) is 3.15. The molecule has 172 valence electrons. The molecule has 5 rings (SSSR count). The van der Waals surface area contributed by atoms with Gasteiger partial charge in [0.05, 0.1) is 5.52 Å². The van der Waals surface area contributed by atoms with Crippen LogP contribution in [0.3, 0.4) is 0 Å². The lowest BCUT2D eigenvalue weighted by Gasteiger charge is -2.29. The number of benzene rings is 2. The monoisotopic (exact) mass is 442 g/mol. The van der Waals surface area contributed by atoms with Gasteiger partial charge in [-0.15, -0.1) is 0 Å². The lowest BCUT2D eigenvalue weighted by Crippen LogP contribution is -2.31. The SMILES string of the molecule is CN(C)c1nc(N[C@H]2CC[C@@H](CNCc3cn(C)c4ccccc34)CC2)nc2ccccc12. The third-order valence-electron chi connectivity index (χ3n) is 6.91. The van der Waals surface area contributed by atoms with Crippen LogP contribution >= 0.6 is 0 Å². The van der Waals surface area contributed by atoms with E-state index in [9.17, 15) is 0 Å². The Bertz CT molecular complexity index is 1240. The van der Waals surface area contributed by atoms with Crippen LogP contribution in [0, 0.1) is 5.92 Å². The molecule has 33 heavy (non-hydrogen) atoms. The van der Waals surface area contributed by atoms with E-state index in [4.69, 9.17) is 9.97 Å². The molecule has 0 spiro atoms. The maximum absolute atomic E-state index is 4.81. The van der Waals surface area contributed by atoms with E-state index in [-0.39, 0.29) is 0 Å². The zero-order valence-corrected chi connectivity index (χ0v) is 19.9. The first-order chi connectivity index (χ1) is 16.1. The maximum atomic E-state index is 4.81. The van der Waals surface area contributed by atoms with Gasteiger partial charge in [-0.25, -0.2) is 4.98 Å². The van der Waals surface area contributed by atoms with Crippen molar-refractivity contribution in [3.8, 4) is 0 Å². The second-order valence-corrected chi connectivity index (χ2v) is 9.56. The van der Waals surface area contributed by atoms with Crippen LogP contribution in [-0.2, 0) is 13.6 Å². The van der Waals surface area contributed by atoms with E-state index in [1.165, 1.54) is 29.3 Å². The molecule has 0 atom stereocenters. The third kappa shape index (κ3) is 4.67. The summed E-state index contributed by atoms with van der Waals surface area (Å²) in [5.74, 6) is 2.44. The van der Waals surface area contributed by atoms with Crippen LogP contribution in [0.25, 0.3) is 21.8 Å². The van der Waals surface area contributed by atoms with Crippen LogP contribution in [0.4, 0.5) is 11.8 Å². The lowest BCUT2D eigenvalue weighted by molar-refractivity contribution is 0.324. The van der Waals surface area contributed by atoms with E-state index >= 15 is 0 Å². The van der Waals surface area contributed by atoms with Gasteiger partial charge in [0, 0.05) is 56.2 Å². The fourth-order valence-electron chi connectivity index (χ4n) is 5.14. The highest BCUT2D eigenvalue weighted by Gasteiger charge is 2.22. The summed E-state index contributed by atoms with van der Waals surface area (Å²) in [6, 6.07) is 17.3. The van der Waals surface area contributed by atoms with Gasteiger partial charge >= 0.3 is 0 Å². The number of nitrogens with one attached hydrogen (secondary N) is 2. The molecule has 4 aromatic rings. The first-order valence-electron chi connectivity index (χ1n) is 12.0. The number of rotatable bonds is 7. The number of aryl methyl sites for hydroxylation is 1. The summed E-state index contributed by atoms with van der Waals surface area (Å²) in [4.78, 5) is 11.7. The molecule has 0 unspecified atom stereocenters. The van der Waals surface area contributed by atoms with Gasteiger partial charge in [0.1, 0.15) is 5.82 Å². The number of para-hydroxylation sites is 2. The van der Waals surface area contributed by atoms with E-state index in [0.717, 1.165) is 54.5 Å². The van der Waals surface area contributed by atoms with Gasteiger partial charge in [-0.1, -0.05) is 30.3 Å². The molecule has 1 saturated carbocycles. The van der Waals surface area contributed by atoms with Crippen molar-refractivity contribution >= 4 is 33.6 Å². The van der Waals surface area contributed by atoms with Gasteiger partial charge in [0.25, 0.3) is 0 Å². The number of nitrogens with zero attached hydrogens (tertiary/aromatic N) is 4. The summed E-state index contributed by atoms with van der Waals surface area (Å²) in [5, 5.41) is 9.79. The molecule has 0 aliphatic heterocycles. The van der Waals surface area contributed by atoms with Crippen LogP contribution < -0.4 is 15.5 Å². The summed E-state index contributed by atoms with van der Waals surface area (Å²) < 4.78 is 2.22. The highest BCUT2D eigenvalue weighted by atomic mass is 15.2.